The van der Waals surface area contributed by atoms with E-state index in [1.165, 1.54) is 0 Å². The number of rotatable bonds is 7. The van der Waals surface area contributed by atoms with Crippen LogP contribution in [0, 0.1) is 6.92 Å². The van der Waals surface area contributed by atoms with E-state index in [2.05, 4.69) is 15.9 Å². The Morgan fingerprint density at radius 1 is 0.944 bits per heavy atom. The normalized spacial score (nSPS) is 15.2. The number of aliphatic hydroxyl groups excluding tert-OH is 1. The maximum atomic E-state index is 13.1. The van der Waals surface area contributed by atoms with Crippen LogP contribution in [0.2, 0.25) is 0 Å². The monoisotopic (exact) mass is 484 g/mol. The van der Waals surface area contributed by atoms with Crippen LogP contribution in [0.3, 0.4) is 0 Å². The minimum atomic E-state index is -0.726. The molecule has 6 nitrogen and oxygen atoms in total. The Balaban J connectivity index is 1.30. The van der Waals surface area contributed by atoms with Crippen molar-refractivity contribution in [1.29, 1.82) is 0 Å². The maximum Gasteiger partial charge on any atom is 0.196 e. The van der Waals surface area contributed by atoms with Gasteiger partial charge in [-0.05, 0) is 31.5 Å². The highest BCUT2D eigenvalue weighted by molar-refractivity contribution is 5.83. The molecule has 1 fully saturated rings. The maximum absolute atomic E-state index is 13.1. The van der Waals surface area contributed by atoms with Crippen LogP contribution in [-0.4, -0.2) is 49.8 Å². The predicted molar refractivity (Wildman–Crippen MR) is 144 cm³/mol. The van der Waals surface area contributed by atoms with Crippen molar-refractivity contribution in [3.63, 3.8) is 0 Å². The number of nitrogens with zero attached hydrogens (tertiary/aromatic N) is 2. The first-order chi connectivity index (χ1) is 17.6. The molecule has 0 saturated carbocycles. The van der Waals surface area contributed by atoms with Crippen LogP contribution in [-0.2, 0) is 0 Å². The third kappa shape index (κ3) is 4.74. The number of methoxy groups -OCH3 is 1. The average molecular weight is 485 g/mol. The Hall–Kier alpha value is -3.61. The first kappa shape index (κ1) is 24.1. The molecule has 3 aromatic carbocycles. The van der Waals surface area contributed by atoms with Crippen LogP contribution in [0.5, 0.6) is 5.75 Å². The average Bonchev–Trinajstić information content (AvgIpc) is 2.94. The van der Waals surface area contributed by atoms with Gasteiger partial charge in [-0.25, -0.2) is 0 Å². The van der Waals surface area contributed by atoms with E-state index in [1.54, 1.807) is 20.1 Å². The number of ether oxygens (including phenoxy) is 1. The zero-order chi connectivity index (χ0) is 25.1. The molecule has 1 aliphatic rings. The van der Waals surface area contributed by atoms with Gasteiger partial charge in [0.1, 0.15) is 17.1 Å². The van der Waals surface area contributed by atoms with Gasteiger partial charge < -0.3 is 19.2 Å². The van der Waals surface area contributed by atoms with Gasteiger partial charge in [-0.3, -0.25) is 9.69 Å². The van der Waals surface area contributed by atoms with E-state index < -0.39 is 6.10 Å². The fourth-order valence-corrected chi connectivity index (χ4v) is 5.02. The van der Waals surface area contributed by atoms with Gasteiger partial charge in [0.25, 0.3) is 0 Å². The van der Waals surface area contributed by atoms with E-state index in [0.717, 1.165) is 49.7 Å². The largest absolute Gasteiger partial charge is 0.495 e. The molecule has 5 rings (SSSR count). The molecular weight excluding hydrogens is 452 g/mol. The number of aliphatic hydroxyl groups is 1. The van der Waals surface area contributed by atoms with E-state index in [1.807, 2.05) is 60.7 Å². The summed E-state index contributed by atoms with van der Waals surface area (Å²) in [4.78, 5) is 17.8. The van der Waals surface area contributed by atoms with Gasteiger partial charge in [0.2, 0.25) is 0 Å². The van der Waals surface area contributed by atoms with Crippen molar-refractivity contribution in [3.05, 3.63) is 94.1 Å². The summed E-state index contributed by atoms with van der Waals surface area (Å²) in [5.74, 6) is 1.45. The molecule has 6 heteroatoms. The molecule has 1 N–H and O–H groups in total. The molecule has 1 atom stereocenters. The lowest BCUT2D eigenvalue weighted by molar-refractivity contribution is 0.139. The second kappa shape index (κ2) is 10.6. The zero-order valence-corrected chi connectivity index (χ0v) is 20.8. The van der Waals surface area contributed by atoms with Crippen molar-refractivity contribution in [3.8, 4) is 17.1 Å². The first-order valence-electron chi connectivity index (χ1n) is 12.5. The summed E-state index contributed by atoms with van der Waals surface area (Å²) in [5, 5.41) is 11.7. The molecule has 1 aromatic heterocycles. The van der Waals surface area contributed by atoms with Gasteiger partial charge in [-0.15, -0.1) is 0 Å². The molecule has 0 bridgehead atoms. The molecule has 1 aliphatic heterocycles. The number of piperazine rings is 1. The lowest BCUT2D eigenvalue weighted by Crippen LogP contribution is -2.46. The van der Waals surface area contributed by atoms with Crippen molar-refractivity contribution < 1.29 is 14.3 Å². The molecule has 0 radical (unpaired) electrons. The van der Waals surface area contributed by atoms with Gasteiger partial charge in [0, 0.05) is 49.4 Å². The molecule has 36 heavy (non-hydrogen) atoms. The van der Waals surface area contributed by atoms with E-state index in [9.17, 15) is 9.90 Å². The fourth-order valence-electron chi connectivity index (χ4n) is 5.02. The fraction of sp³-hybridized carbons (Fsp3) is 0.300. The Labute approximate surface area is 211 Å². The highest BCUT2D eigenvalue weighted by Gasteiger charge is 2.22. The minimum absolute atomic E-state index is 0.0587. The second-order valence-electron chi connectivity index (χ2n) is 9.28. The zero-order valence-electron chi connectivity index (χ0n) is 20.8. The van der Waals surface area contributed by atoms with Crippen LogP contribution >= 0.6 is 0 Å². The Kier molecular flexibility index (Phi) is 7.07. The van der Waals surface area contributed by atoms with E-state index >= 15 is 0 Å². The van der Waals surface area contributed by atoms with Gasteiger partial charge in [0.15, 0.2) is 5.43 Å². The van der Waals surface area contributed by atoms with Crippen LogP contribution in [0.4, 0.5) is 5.69 Å². The third-order valence-electron chi connectivity index (χ3n) is 7.09. The van der Waals surface area contributed by atoms with Gasteiger partial charge >= 0.3 is 0 Å². The number of para-hydroxylation sites is 3. The Bertz CT molecular complexity index is 1390. The number of fused-ring (bicyclic) bond motifs is 1. The molecule has 4 aromatic rings. The molecule has 0 amide bonds. The van der Waals surface area contributed by atoms with Crippen LogP contribution in [0.25, 0.3) is 22.3 Å². The van der Waals surface area contributed by atoms with Crippen LogP contribution < -0.4 is 15.1 Å². The van der Waals surface area contributed by atoms with Crippen LogP contribution in [0.1, 0.15) is 23.7 Å². The Morgan fingerprint density at radius 3 is 2.42 bits per heavy atom. The van der Waals surface area contributed by atoms with E-state index in [4.69, 9.17) is 9.15 Å². The highest BCUT2D eigenvalue weighted by Crippen LogP contribution is 2.31. The number of hydrogen-bond acceptors (Lipinski definition) is 6. The second-order valence-corrected chi connectivity index (χ2v) is 9.28. The minimum Gasteiger partial charge on any atom is -0.495 e. The molecule has 1 unspecified atom stereocenters. The molecule has 186 valence electrons. The summed E-state index contributed by atoms with van der Waals surface area (Å²) in [6, 6.07) is 23.2. The summed E-state index contributed by atoms with van der Waals surface area (Å²) in [6.07, 6.45) is -0.165. The van der Waals surface area contributed by atoms with Gasteiger partial charge in [-0.1, -0.05) is 54.6 Å². The molecular formula is C30H32N2O4. The van der Waals surface area contributed by atoms with Crippen molar-refractivity contribution in [2.24, 2.45) is 0 Å². The highest BCUT2D eigenvalue weighted by atomic mass is 16.5. The SMILES string of the molecule is COc1ccccc1N1CCN(CCC(O)c2cccc3c(=O)c(C)c(-c4ccccc4)oc23)CC1. The van der Waals surface area contributed by atoms with Crippen molar-refractivity contribution in [2.75, 3.05) is 44.7 Å². The number of benzene rings is 3. The lowest BCUT2D eigenvalue weighted by atomic mass is 10.0. The predicted octanol–water partition coefficient (Wildman–Crippen LogP) is 5.02. The smallest absolute Gasteiger partial charge is 0.196 e. The third-order valence-corrected chi connectivity index (χ3v) is 7.09. The van der Waals surface area contributed by atoms with Gasteiger partial charge in [0.05, 0.1) is 24.3 Å². The topological polar surface area (TPSA) is 66.2 Å². The quantitative estimate of drug-likeness (QED) is 0.397. The first-order valence-corrected chi connectivity index (χ1v) is 12.5. The standard InChI is InChI=1S/C30H32N2O4/c1-21-28(34)24-12-8-11-23(30(24)36-29(21)22-9-4-3-5-10-22)26(33)15-16-31-17-19-32(20-18-31)25-13-6-7-14-27(25)35-2/h3-14,26,33H,15-20H2,1-2H3. The number of hydrogen-bond donors (Lipinski definition) is 1. The summed E-state index contributed by atoms with van der Waals surface area (Å²) < 4.78 is 11.8. The van der Waals surface area contributed by atoms with E-state index in [-0.39, 0.29) is 5.43 Å². The Morgan fingerprint density at radius 2 is 1.67 bits per heavy atom. The lowest BCUT2D eigenvalue weighted by Gasteiger charge is -2.36. The van der Waals surface area contributed by atoms with Crippen LogP contribution in [0.15, 0.2) is 82.0 Å². The molecule has 2 heterocycles. The molecule has 0 spiro atoms. The summed E-state index contributed by atoms with van der Waals surface area (Å²) in [7, 11) is 1.70. The molecule has 0 aliphatic carbocycles. The van der Waals surface area contributed by atoms with E-state index in [0.29, 0.717) is 34.3 Å². The summed E-state index contributed by atoms with van der Waals surface area (Å²) >= 11 is 0. The number of anilines is 1. The summed E-state index contributed by atoms with van der Waals surface area (Å²) in [6.45, 7) is 6.18. The van der Waals surface area contributed by atoms with Crippen molar-refractivity contribution >= 4 is 16.7 Å². The van der Waals surface area contributed by atoms with Gasteiger partial charge in [-0.2, -0.15) is 0 Å². The summed E-state index contributed by atoms with van der Waals surface area (Å²) in [5.41, 5.74) is 3.63. The van der Waals surface area contributed by atoms with Crippen molar-refractivity contribution in [2.45, 2.75) is 19.4 Å². The van der Waals surface area contributed by atoms with Crippen molar-refractivity contribution in [1.82, 2.24) is 4.90 Å². The molecule has 1 saturated heterocycles.